The second kappa shape index (κ2) is 5.29. The van der Waals surface area contributed by atoms with Gasteiger partial charge in [0.1, 0.15) is 5.82 Å². The summed E-state index contributed by atoms with van der Waals surface area (Å²) < 4.78 is 4.42. The normalized spacial score (nSPS) is 11.6. The van der Waals surface area contributed by atoms with E-state index in [0.717, 1.165) is 17.4 Å². The molecule has 4 heteroatoms. The van der Waals surface area contributed by atoms with Crippen molar-refractivity contribution < 1.29 is 0 Å². The summed E-state index contributed by atoms with van der Waals surface area (Å²) in [5.41, 5.74) is 3.88. The molecular weight excluding hydrogens is 254 g/mol. The molecule has 0 amide bonds. The Balaban J connectivity index is 2.11. The first-order valence-corrected chi connectivity index (χ1v) is 7.27. The Hall–Kier alpha value is -1.42. The SMILES string of the molecule is Cc1cc(C)cc(Cc2nsc(NC(C)(C)C)n2)c1. The highest BCUT2D eigenvalue weighted by atomic mass is 32.1. The van der Waals surface area contributed by atoms with E-state index in [2.05, 4.69) is 67.5 Å². The summed E-state index contributed by atoms with van der Waals surface area (Å²) in [7, 11) is 0. The predicted molar refractivity (Wildman–Crippen MR) is 82.0 cm³/mol. The lowest BCUT2D eigenvalue weighted by molar-refractivity contribution is 0.633. The highest BCUT2D eigenvalue weighted by Crippen LogP contribution is 2.19. The van der Waals surface area contributed by atoms with E-state index in [1.54, 1.807) is 0 Å². The Morgan fingerprint density at radius 1 is 1.11 bits per heavy atom. The van der Waals surface area contributed by atoms with Crippen LogP contribution in [0.2, 0.25) is 0 Å². The number of nitrogens with zero attached hydrogens (tertiary/aromatic N) is 2. The van der Waals surface area contributed by atoms with Gasteiger partial charge in [0.05, 0.1) is 0 Å². The molecule has 0 saturated carbocycles. The number of aromatic nitrogens is 2. The molecule has 0 bridgehead atoms. The molecule has 1 aromatic carbocycles. The Kier molecular flexibility index (Phi) is 3.90. The molecule has 0 spiro atoms. The van der Waals surface area contributed by atoms with E-state index in [9.17, 15) is 0 Å². The molecule has 2 rings (SSSR count). The number of anilines is 1. The zero-order chi connectivity index (χ0) is 14.0. The van der Waals surface area contributed by atoms with Crippen molar-refractivity contribution in [1.82, 2.24) is 9.36 Å². The minimum atomic E-state index is 0.0245. The largest absolute Gasteiger partial charge is 0.356 e. The van der Waals surface area contributed by atoms with Crippen LogP contribution in [0.15, 0.2) is 18.2 Å². The van der Waals surface area contributed by atoms with Gasteiger partial charge in [-0.15, -0.1) is 0 Å². The molecular formula is C15H21N3S. The van der Waals surface area contributed by atoms with Gasteiger partial charge >= 0.3 is 0 Å². The highest BCUT2D eigenvalue weighted by molar-refractivity contribution is 7.09. The number of hydrogen-bond donors (Lipinski definition) is 1. The van der Waals surface area contributed by atoms with Crippen LogP contribution in [-0.2, 0) is 6.42 Å². The summed E-state index contributed by atoms with van der Waals surface area (Å²) in [5.74, 6) is 0.891. The van der Waals surface area contributed by atoms with E-state index in [0.29, 0.717) is 0 Å². The van der Waals surface area contributed by atoms with Crippen molar-refractivity contribution in [3.05, 3.63) is 40.7 Å². The maximum Gasteiger partial charge on any atom is 0.202 e. The Morgan fingerprint density at radius 3 is 2.32 bits per heavy atom. The van der Waals surface area contributed by atoms with Gasteiger partial charge in [0.2, 0.25) is 5.13 Å². The number of benzene rings is 1. The zero-order valence-electron chi connectivity index (χ0n) is 12.2. The van der Waals surface area contributed by atoms with E-state index >= 15 is 0 Å². The van der Waals surface area contributed by atoms with Gasteiger partial charge < -0.3 is 5.32 Å². The Labute approximate surface area is 119 Å². The number of aryl methyl sites for hydroxylation is 2. The number of rotatable bonds is 3. The van der Waals surface area contributed by atoms with Crippen LogP contribution in [0.3, 0.4) is 0 Å². The van der Waals surface area contributed by atoms with Gasteiger partial charge in [0.25, 0.3) is 0 Å². The van der Waals surface area contributed by atoms with E-state index in [4.69, 9.17) is 0 Å². The first kappa shape index (κ1) is 14.0. The maximum atomic E-state index is 4.55. The minimum Gasteiger partial charge on any atom is -0.356 e. The van der Waals surface area contributed by atoms with E-state index in [1.807, 2.05) is 0 Å². The average molecular weight is 275 g/mol. The smallest absolute Gasteiger partial charge is 0.202 e. The molecule has 1 N–H and O–H groups in total. The lowest BCUT2D eigenvalue weighted by Crippen LogP contribution is -2.25. The van der Waals surface area contributed by atoms with Crippen LogP contribution < -0.4 is 5.32 Å². The van der Waals surface area contributed by atoms with Crippen LogP contribution in [0.4, 0.5) is 5.13 Å². The van der Waals surface area contributed by atoms with Crippen LogP contribution in [0.25, 0.3) is 0 Å². The fourth-order valence-corrected chi connectivity index (χ4v) is 2.85. The molecule has 0 atom stereocenters. The molecule has 0 saturated heterocycles. The molecule has 1 heterocycles. The van der Waals surface area contributed by atoms with Crippen LogP contribution in [0.5, 0.6) is 0 Å². The first-order valence-electron chi connectivity index (χ1n) is 6.50. The second-order valence-electron chi connectivity index (χ2n) is 6.06. The zero-order valence-corrected chi connectivity index (χ0v) is 13.1. The minimum absolute atomic E-state index is 0.0245. The second-order valence-corrected chi connectivity index (χ2v) is 6.82. The molecule has 1 aromatic heterocycles. The van der Waals surface area contributed by atoms with Gasteiger partial charge in [-0.3, -0.25) is 0 Å². The van der Waals surface area contributed by atoms with Crippen molar-refractivity contribution >= 4 is 16.7 Å². The van der Waals surface area contributed by atoms with Gasteiger partial charge in [-0.05, 0) is 40.2 Å². The standard InChI is InChI=1S/C15H21N3S/c1-10-6-11(2)8-12(7-10)9-13-16-14(19-18-13)17-15(3,4)5/h6-8H,9H2,1-5H3,(H,16,17,18). The third-order valence-corrected chi connectivity index (χ3v) is 3.26. The molecule has 102 valence electrons. The molecule has 0 aliphatic carbocycles. The first-order chi connectivity index (χ1) is 8.82. The van der Waals surface area contributed by atoms with Gasteiger partial charge in [-0.2, -0.15) is 4.37 Å². The topological polar surface area (TPSA) is 37.8 Å². The quantitative estimate of drug-likeness (QED) is 0.921. The summed E-state index contributed by atoms with van der Waals surface area (Å²) in [6.45, 7) is 10.6. The van der Waals surface area contributed by atoms with E-state index in [-0.39, 0.29) is 5.54 Å². The third kappa shape index (κ3) is 4.31. The summed E-state index contributed by atoms with van der Waals surface area (Å²) in [6, 6.07) is 6.58. The summed E-state index contributed by atoms with van der Waals surface area (Å²) >= 11 is 1.43. The van der Waals surface area contributed by atoms with E-state index < -0.39 is 0 Å². The molecule has 0 fully saturated rings. The molecule has 2 aromatic rings. The fourth-order valence-electron chi connectivity index (χ4n) is 2.05. The van der Waals surface area contributed by atoms with Crippen molar-refractivity contribution in [2.45, 2.75) is 46.6 Å². The molecule has 3 nitrogen and oxygen atoms in total. The fraction of sp³-hybridized carbons (Fsp3) is 0.467. The van der Waals surface area contributed by atoms with Crippen LogP contribution in [0.1, 0.15) is 43.3 Å². The molecule has 0 aliphatic heterocycles. The third-order valence-electron chi connectivity index (χ3n) is 2.59. The van der Waals surface area contributed by atoms with Gasteiger partial charge in [-0.25, -0.2) is 4.98 Å². The number of nitrogens with one attached hydrogen (secondary N) is 1. The molecule has 19 heavy (non-hydrogen) atoms. The Morgan fingerprint density at radius 2 is 1.74 bits per heavy atom. The van der Waals surface area contributed by atoms with Crippen molar-refractivity contribution in [2.75, 3.05) is 5.32 Å². The molecule has 0 radical (unpaired) electrons. The summed E-state index contributed by atoms with van der Waals surface area (Å²) in [6.07, 6.45) is 0.796. The van der Waals surface area contributed by atoms with E-state index in [1.165, 1.54) is 28.2 Å². The monoisotopic (exact) mass is 275 g/mol. The molecule has 0 unspecified atom stereocenters. The van der Waals surface area contributed by atoms with Crippen molar-refractivity contribution in [3.8, 4) is 0 Å². The van der Waals surface area contributed by atoms with Crippen molar-refractivity contribution in [3.63, 3.8) is 0 Å². The van der Waals surface area contributed by atoms with Gasteiger partial charge in [0, 0.05) is 23.5 Å². The Bertz CT molecular complexity index is 547. The van der Waals surface area contributed by atoms with Crippen molar-refractivity contribution in [1.29, 1.82) is 0 Å². The molecule has 0 aliphatic rings. The van der Waals surface area contributed by atoms with Crippen LogP contribution >= 0.6 is 11.5 Å². The van der Waals surface area contributed by atoms with Crippen molar-refractivity contribution in [2.24, 2.45) is 0 Å². The van der Waals surface area contributed by atoms with Crippen LogP contribution in [0, 0.1) is 13.8 Å². The summed E-state index contributed by atoms with van der Waals surface area (Å²) in [4.78, 5) is 4.55. The summed E-state index contributed by atoms with van der Waals surface area (Å²) in [5, 5.41) is 4.25. The highest BCUT2D eigenvalue weighted by Gasteiger charge is 2.13. The van der Waals surface area contributed by atoms with Crippen LogP contribution in [-0.4, -0.2) is 14.9 Å². The number of hydrogen-bond acceptors (Lipinski definition) is 4. The predicted octanol–water partition coefficient (Wildman–Crippen LogP) is 3.96. The lowest BCUT2D eigenvalue weighted by Gasteiger charge is -2.18. The lowest BCUT2D eigenvalue weighted by atomic mass is 10.1. The average Bonchev–Trinajstić information content (AvgIpc) is 2.60. The van der Waals surface area contributed by atoms with Gasteiger partial charge in [0.15, 0.2) is 0 Å². The maximum absolute atomic E-state index is 4.55. The van der Waals surface area contributed by atoms with Gasteiger partial charge in [-0.1, -0.05) is 29.3 Å².